The number of nitrogens with zero attached hydrogens (tertiary/aromatic N) is 1. The van der Waals surface area contributed by atoms with Gasteiger partial charge in [-0.05, 0) is 39.7 Å². The molecule has 1 aliphatic rings. The van der Waals surface area contributed by atoms with Crippen molar-refractivity contribution in [3.63, 3.8) is 0 Å². The van der Waals surface area contributed by atoms with E-state index in [0.717, 1.165) is 0 Å². The fraction of sp³-hybridized carbons (Fsp3) is 0.526. The summed E-state index contributed by atoms with van der Waals surface area (Å²) in [4.78, 5) is 36.5. The van der Waals surface area contributed by atoms with Gasteiger partial charge in [0.25, 0.3) is 0 Å². The zero-order valence-electron chi connectivity index (χ0n) is 16.1. The Bertz CT molecular complexity index is 732. The monoisotopic (exact) mass is 413 g/mol. The first-order chi connectivity index (χ1) is 13.1. The number of ether oxygens (including phenoxy) is 1. The van der Waals surface area contributed by atoms with E-state index in [2.05, 4.69) is 10.6 Å². The molecule has 1 aliphatic carbocycles. The SMILES string of the molecule is CC(C)(C)OC(=O)NC1CC(N(C=O)CC(=O)NCc2cccc(Cl)c2F)C1. The zero-order chi connectivity index (χ0) is 20.9. The van der Waals surface area contributed by atoms with Gasteiger partial charge in [0.2, 0.25) is 12.3 Å². The topological polar surface area (TPSA) is 87.7 Å². The van der Waals surface area contributed by atoms with Crippen LogP contribution in [0.25, 0.3) is 0 Å². The fourth-order valence-corrected chi connectivity index (χ4v) is 3.00. The molecule has 0 bridgehead atoms. The van der Waals surface area contributed by atoms with Gasteiger partial charge in [-0.3, -0.25) is 9.59 Å². The number of amides is 3. The van der Waals surface area contributed by atoms with Gasteiger partial charge in [-0.1, -0.05) is 23.7 Å². The lowest BCUT2D eigenvalue weighted by molar-refractivity contribution is -0.131. The van der Waals surface area contributed by atoms with Gasteiger partial charge < -0.3 is 20.3 Å². The molecular formula is C19H25ClFN3O4. The Balaban J connectivity index is 1.75. The summed E-state index contributed by atoms with van der Waals surface area (Å²) in [6.07, 6.45) is 1.17. The molecule has 1 aromatic rings. The standard InChI is InChI=1S/C19H25ClFN3O4/c1-19(2,3)28-18(27)23-13-7-14(8-13)24(11-25)10-16(26)22-9-12-5-4-6-15(20)17(12)21/h4-6,11,13-14H,7-10H2,1-3H3,(H,22,26)(H,23,27). The summed E-state index contributed by atoms with van der Waals surface area (Å²) in [6.45, 7) is 5.16. The molecule has 1 aromatic carbocycles. The van der Waals surface area contributed by atoms with Crippen LogP contribution in [0.15, 0.2) is 18.2 Å². The van der Waals surface area contributed by atoms with Crippen molar-refractivity contribution in [1.82, 2.24) is 15.5 Å². The number of hydrogen-bond acceptors (Lipinski definition) is 4. The minimum Gasteiger partial charge on any atom is -0.444 e. The van der Waals surface area contributed by atoms with Crippen molar-refractivity contribution in [2.45, 2.75) is 57.8 Å². The maximum Gasteiger partial charge on any atom is 0.407 e. The molecule has 0 atom stereocenters. The van der Waals surface area contributed by atoms with E-state index in [9.17, 15) is 18.8 Å². The van der Waals surface area contributed by atoms with Gasteiger partial charge in [-0.15, -0.1) is 0 Å². The van der Waals surface area contributed by atoms with Crippen LogP contribution in [-0.2, 0) is 20.9 Å². The molecule has 0 aliphatic heterocycles. The van der Waals surface area contributed by atoms with Crippen LogP contribution in [0.3, 0.4) is 0 Å². The van der Waals surface area contributed by atoms with E-state index in [4.69, 9.17) is 16.3 Å². The van der Waals surface area contributed by atoms with Crippen LogP contribution in [0.4, 0.5) is 9.18 Å². The van der Waals surface area contributed by atoms with Crippen LogP contribution in [0, 0.1) is 5.82 Å². The van der Waals surface area contributed by atoms with Gasteiger partial charge in [-0.2, -0.15) is 0 Å². The highest BCUT2D eigenvalue weighted by atomic mass is 35.5. The van der Waals surface area contributed by atoms with Gasteiger partial charge in [-0.25, -0.2) is 9.18 Å². The lowest BCUT2D eigenvalue weighted by atomic mass is 9.86. The largest absolute Gasteiger partial charge is 0.444 e. The Morgan fingerprint density at radius 3 is 2.64 bits per heavy atom. The summed E-state index contributed by atoms with van der Waals surface area (Å²) in [6, 6.07) is 4.29. The Hall–Kier alpha value is -2.35. The Kier molecular flexibility index (Phi) is 7.23. The maximum absolute atomic E-state index is 13.8. The van der Waals surface area contributed by atoms with Crippen LogP contribution in [0.1, 0.15) is 39.2 Å². The highest BCUT2D eigenvalue weighted by Gasteiger charge is 2.35. The quantitative estimate of drug-likeness (QED) is 0.672. The maximum atomic E-state index is 13.8. The van der Waals surface area contributed by atoms with Crippen LogP contribution in [0.2, 0.25) is 5.02 Å². The van der Waals surface area contributed by atoms with Gasteiger partial charge in [0.1, 0.15) is 11.4 Å². The minimum absolute atomic E-state index is 0.0146. The van der Waals surface area contributed by atoms with Gasteiger partial charge in [0.15, 0.2) is 0 Å². The molecule has 3 amide bonds. The number of hydrogen-bond donors (Lipinski definition) is 2. The van der Waals surface area contributed by atoms with E-state index < -0.39 is 23.4 Å². The fourth-order valence-electron chi connectivity index (χ4n) is 2.80. The van der Waals surface area contributed by atoms with Crippen LogP contribution in [0.5, 0.6) is 0 Å². The molecule has 0 spiro atoms. The number of benzene rings is 1. The number of alkyl carbamates (subject to hydrolysis) is 1. The normalized spacial score (nSPS) is 18.6. The minimum atomic E-state index is -0.581. The number of carbonyl (C=O) groups is 3. The first-order valence-electron chi connectivity index (χ1n) is 8.99. The molecule has 0 heterocycles. The molecule has 7 nitrogen and oxygen atoms in total. The molecule has 9 heteroatoms. The number of rotatable bonds is 7. The molecule has 0 unspecified atom stereocenters. The van der Waals surface area contributed by atoms with Crippen LogP contribution < -0.4 is 10.6 Å². The predicted octanol–water partition coefficient (Wildman–Crippen LogP) is 2.61. The van der Waals surface area contributed by atoms with E-state index in [-0.39, 0.29) is 35.8 Å². The summed E-state index contributed by atoms with van der Waals surface area (Å²) >= 11 is 5.71. The van der Waals surface area contributed by atoms with Crippen molar-refractivity contribution in [3.8, 4) is 0 Å². The van der Waals surface area contributed by atoms with Gasteiger partial charge in [0, 0.05) is 24.2 Å². The second-order valence-corrected chi connectivity index (χ2v) is 8.14. The highest BCUT2D eigenvalue weighted by Crippen LogP contribution is 2.25. The first-order valence-corrected chi connectivity index (χ1v) is 9.37. The van der Waals surface area contributed by atoms with Crippen molar-refractivity contribution in [2.75, 3.05) is 6.54 Å². The van der Waals surface area contributed by atoms with Crippen LogP contribution >= 0.6 is 11.6 Å². The Morgan fingerprint density at radius 2 is 2.04 bits per heavy atom. The second kappa shape index (κ2) is 9.23. The van der Waals surface area contributed by atoms with Crippen molar-refractivity contribution in [2.24, 2.45) is 0 Å². The second-order valence-electron chi connectivity index (χ2n) is 7.74. The average molecular weight is 414 g/mol. The molecule has 0 radical (unpaired) electrons. The summed E-state index contributed by atoms with van der Waals surface area (Å²) < 4.78 is 19.0. The van der Waals surface area contributed by atoms with Crippen molar-refractivity contribution < 1.29 is 23.5 Å². The van der Waals surface area contributed by atoms with Crippen molar-refractivity contribution in [3.05, 3.63) is 34.6 Å². The highest BCUT2D eigenvalue weighted by molar-refractivity contribution is 6.30. The lowest BCUT2D eigenvalue weighted by Crippen LogP contribution is -2.55. The van der Waals surface area contributed by atoms with Crippen molar-refractivity contribution in [1.29, 1.82) is 0 Å². The molecule has 1 saturated carbocycles. The van der Waals surface area contributed by atoms with E-state index in [1.54, 1.807) is 26.8 Å². The number of nitrogens with one attached hydrogen (secondary N) is 2. The third kappa shape index (κ3) is 6.37. The molecule has 28 heavy (non-hydrogen) atoms. The van der Waals surface area contributed by atoms with Gasteiger partial charge >= 0.3 is 6.09 Å². The zero-order valence-corrected chi connectivity index (χ0v) is 16.9. The summed E-state index contributed by atoms with van der Waals surface area (Å²) in [7, 11) is 0. The van der Waals surface area contributed by atoms with Crippen molar-refractivity contribution >= 4 is 30.0 Å². The van der Waals surface area contributed by atoms with E-state index in [1.807, 2.05) is 0 Å². The number of halogens is 2. The summed E-state index contributed by atoms with van der Waals surface area (Å²) in [5.74, 6) is -0.984. The molecule has 2 rings (SSSR count). The summed E-state index contributed by atoms with van der Waals surface area (Å²) in [5.41, 5.74) is -0.313. The van der Waals surface area contributed by atoms with E-state index >= 15 is 0 Å². The molecule has 0 saturated heterocycles. The average Bonchev–Trinajstić information content (AvgIpc) is 2.55. The number of carbonyl (C=O) groups excluding carboxylic acids is 3. The van der Waals surface area contributed by atoms with E-state index in [1.165, 1.54) is 17.0 Å². The lowest BCUT2D eigenvalue weighted by Gasteiger charge is -2.41. The molecule has 154 valence electrons. The first kappa shape index (κ1) is 21.9. The Morgan fingerprint density at radius 1 is 1.36 bits per heavy atom. The molecule has 1 fully saturated rings. The van der Waals surface area contributed by atoms with E-state index in [0.29, 0.717) is 19.3 Å². The molecule has 0 aromatic heterocycles. The smallest absolute Gasteiger partial charge is 0.407 e. The predicted molar refractivity (Wildman–Crippen MR) is 102 cm³/mol. The van der Waals surface area contributed by atoms with Gasteiger partial charge in [0.05, 0.1) is 11.6 Å². The summed E-state index contributed by atoms with van der Waals surface area (Å²) in [5, 5.41) is 5.30. The van der Waals surface area contributed by atoms with Crippen LogP contribution in [-0.4, -0.2) is 47.5 Å². The molecular weight excluding hydrogens is 389 g/mol. The third-order valence-electron chi connectivity index (χ3n) is 4.27. The third-order valence-corrected chi connectivity index (χ3v) is 4.56. The molecule has 2 N–H and O–H groups in total. The Labute approximate surface area is 168 Å².